The number of nitrogens with zero attached hydrogens (tertiary/aromatic N) is 1. The normalized spacial score (nSPS) is 14.7. The van der Waals surface area contributed by atoms with Crippen molar-refractivity contribution in [3.63, 3.8) is 0 Å². The van der Waals surface area contributed by atoms with Crippen molar-refractivity contribution in [3.8, 4) is 0 Å². The first-order valence-corrected chi connectivity index (χ1v) is 4.03. The molecule has 2 N–H and O–H groups in total. The molecule has 0 spiro atoms. The van der Waals surface area contributed by atoms with Crippen molar-refractivity contribution in [2.24, 2.45) is 10.7 Å². The quantitative estimate of drug-likeness (QED) is 0.592. The summed E-state index contributed by atoms with van der Waals surface area (Å²) in [6.07, 6.45) is 5.24. The van der Waals surface area contributed by atoms with Crippen LogP contribution in [0.2, 0.25) is 0 Å². The Hall–Kier alpha value is -0.320. The number of hydrogen-bond acceptors (Lipinski definition) is 2. The van der Waals surface area contributed by atoms with E-state index in [0.717, 1.165) is 9.28 Å². The van der Waals surface area contributed by atoms with Gasteiger partial charge in [0.25, 0.3) is 0 Å². The summed E-state index contributed by atoms with van der Waals surface area (Å²) >= 11 is 2.20. The van der Waals surface area contributed by atoms with E-state index in [4.69, 9.17) is 5.73 Å². The molecule has 0 aromatic rings. The summed E-state index contributed by atoms with van der Waals surface area (Å²) < 4.78 is 1.11. The summed E-state index contributed by atoms with van der Waals surface area (Å²) in [6, 6.07) is 0. The molecular formula is C7H11IN2. The Morgan fingerprint density at radius 3 is 2.60 bits per heavy atom. The average molecular weight is 250 g/mol. The predicted molar refractivity (Wildman–Crippen MR) is 54.2 cm³/mol. The average Bonchev–Trinajstić information content (AvgIpc) is 1.99. The Morgan fingerprint density at radius 1 is 1.60 bits per heavy atom. The molecular weight excluding hydrogens is 239 g/mol. The summed E-state index contributed by atoms with van der Waals surface area (Å²) in [7, 11) is 0. The van der Waals surface area contributed by atoms with Gasteiger partial charge in [0.1, 0.15) is 0 Å². The molecule has 10 heavy (non-hydrogen) atoms. The smallest absolute Gasteiger partial charge is 0.0527 e. The Bertz CT molecular complexity index is 160. The zero-order chi connectivity index (χ0) is 7.98. The van der Waals surface area contributed by atoms with Gasteiger partial charge in [0.2, 0.25) is 0 Å². The van der Waals surface area contributed by atoms with Crippen LogP contribution in [0.5, 0.6) is 0 Å². The van der Waals surface area contributed by atoms with Gasteiger partial charge in [0.05, 0.1) is 5.70 Å². The summed E-state index contributed by atoms with van der Waals surface area (Å²) in [5.41, 5.74) is 6.03. The summed E-state index contributed by atoms with van der Waals surface area (Å²) in [4.78, 5) is 4.05. The van der Waals surface area contributed by atoms with Crippen molar-refractivity contribution in [1.29, 1.82) is 0 Å². The molecule has 3 heteroatoms. The molecule has 0 fully saturated rings. The minimum Gasteiger partial charge on any atom is -0.403 e. The molecule has 0 aromatic heterocycles. The largest absolute Gasteiger partial charge is 0.403 e. The van der Waals surface area contributed by atoms with Gasteiger partial charge in [0, 0.05) is 16.0 Å². The monoisotopic (exact) mass is 250 g/mol. The number of hydrogen-bond donors (Lipinski definition) is 1. The van der Waals surface area contributed by atoms with Crippen LogP contribution in [-0.2, 0) is 0 Å². The summed E-state index contributed by atoms with van der Waals surface area (Å²) in [6.45, 7) is 3.82. The third kappa shape index (κ3) is 4.55. The molecule has 0 aliphatic rings. The van der Waals surface area contributed by atoms with Crippen LogP contribution in [-0.4, -0.2) is 6.21 Å². The zero-order valence-corrected chi connectivity index (χ0v) is 8.29. The lowest BCUT2D eigenvalue weighted by molar-refractivity contribution is 1.28. The van der Waals surface area contributed by atoms with Crippen molar-refractivity contribution in [3.05, 3.63) is 21.6 Å². The number of nitrogens with two attached hydrogens (primary N) is 1. The SMILES string of the molecule is C\C=C(I)/C=N\C(C)=C/N. The van der Waals surface area contributed by atoms with E-state index in [0.29, 0.717) is 0 Å². The molecule has 0 saturated carbocycles. The molecule has 0 unspecified atom stereocenters. The van der Waals surface area contributed by atoms with Crippen molar-refractivity contribution in [1.82, 2.24) is 0 Å². The molecule has 0 rings (SSSR count). The first-order valence-electron chi connectivity index (χ1n) is 2.95. The fourth-order valence-electron chi connectivity index (χ4n) is 0.281. The van der Waals surface area contributed by atoms with Gasteiger partial charge in [-0.1, -0.05) is 6.08 Å². The number of rotatable bonds is 2. The first kappa shape index (κ1) is 9.68. The van der Waals surface area contributed by atoms with E-state index in [2.05, 4.69) is 27.6 Å². The van der Waals surface area contributed by atoms with E-state index in [-0.39, 0.29) is 0 Å². The van der Waals surface area contributed by atoms with Gasteiger partial charge in [0.15, 0.2) is 0 Å². The van der Waals surface area contributed by atoms with Crippen LogP contribution < -0.4 is 5.73 Å². The molecule has 2 nitrogen and oxygen atoms in total. The number of aliphatic imine (C=N–C) groups is 1. The molecule has 56 valence electrons. The molecule has 0 bridgehead atoms. The highest BCUT2D eigenvalue weighted by molar-refractivity contribution is 14.1. The maximum atomic E-state index is 5.20. The molecule has 0 amide bonds. The van der Waals surface area contributed by atoms with Gasteiger partial charge in [-0.25, -0.2) is 0 Å². The van der Waals surface area contributed by atoms with Gasteiger partial charge < -0.3 is 5.73 Å². The highest BCUT2D eigenvalue weighted by Crippen LogP contribution is 2.02. The third-order valence-corrected chi connectivity index (χ3v) is 1.81. The maximum absolute atomic E-state index is 5.20. The van der Waals surface area contributed by atoms with E-state index in [9.17, 15) is 0 Å². The third-order valence-electron chi connectivity index (χ3n) is 0.908. The molecule has 0 saturated heterocycles. The van der Waals surface area contributed by atoms with Crippen LogP contribution in [0.3, 0.4) is 0 Å². The zero-order valence-electron chi connectivity index (χ0n) is 6.13. The minimum atomic E-state index is 0.830. The Morgan fingerprint density at radius 2 is 2.20 bits per heavy atom. The van der Waals surface area contributed by atoms with E-state index < -0.39 is 0 Å². The van der Waals surface area contributed by atoms with E-state index in [1.807, 2.05) is 19.9 Å². The van der Waals surface area contributed by atoms with Crippen LogP contribution in [0.25, 0.3) is 0 Å². The number of allylic oxidation sites excluding steroid dienone is 3. The fraction of sp³-hybridized carbons (Fsp3) is 0.286. The summed E-state index contributed by atoms with van der Waals surface area (Å²) in [5, 5.41) is 0. The molecule has 0 heterocycles. The Balaban J connectivity index is 4.01. The van der Waals surface area contributed by atoms with Gasteiger partial charge in [-0.05, 0) is 36.4 Å². The second-order valence-corrected chi connectivity index (χ2v) is 2.99. The molecule has 0 aromatic carbocycles. The van der Waals surface area contributed by atoms with Crippen molar-refractivity contribution < 1.29 is 0 Å². The Labute approximate surface area is 75.0 Å². The van der Waals surface area contributed by atoms with Crippen LogP contribution >= 0.6 is 22.6 Å². The highest BCUT2D eigenvalue weighted by atomic mass is 127. The lowest BCUT2D eigenvalue weighted by Gasteiger charge is -1.87. The molecule has 0 aliphatic heterocycles. The standard InChI is InChI=1S/C7H11IN2/c1-3-7(8)5-10-6(2)4-9/h3-5H,9H2,1-2H3/b6-4-,7-3+,10-5-. The van der Waals surface area contributed by atoms with Gasteiger partial charge in [-0.2, -0.15) is 0 Å². The van der Waals surface area contributed by atoms with Crippen molar-refractivity contribution in [2.75, 3.05) is 0 Å². The van der Waals surface area contributed by atoms with Crippen LogP contribution in [0.1, 0.15) is 13.8 Å². The lowest BCUT2D eigenvalue weighted by Crippen LogP contribution is -1.81. The molecule has 0 aliphatic carbocycles. The number of halogens is 1. The first-order chi connectivity index (χ1) is 4.70. The summed E-state index contributed by atoms with van der Waals surface area (Å²) in [5.74, 6) is 0. The topological polar surface area (TPSA) is 38.4 Å². The van der Waals surface area contributed by atoms with Crippen molar-refractivity contribution in [2.45, 2.75) is 13.8 Å². The fourth-order valence-corrected chi connectivity index (χ4v) is 0.420. The maximum Gasteiger partial charge on any atom is 0.0527 e. The minimum absolute atomic E-state index is 0.830. The second kappa shape index (κ2) is 5.46. The van der Waals surface area contributed by atoms with Crippen LogP contribution in [0.15, 0.2) is 26.5 Å². The molecule has 0 atom stereocenters. The van der Waals surface area contributed by atoms with E-state index >= 15 is 0 Å². The molecule has 0 radical (unpaired) electrons. The van der Waals surface area contributed by atoms with Crippen LogP contribution in [0, 0.1) is 0 Å². The van der Waals surface area contributed by atoms with Gasteiger partial charge in [-0.3, -0.25) is 4.99 Å². The van der Waals surface area contributed by atoms with E-state index in [1.54, 1.807) is 6.21 Å². The van der Waals surface area contributed by atoms with E-state index in [1.165, 1.54) is 6.20 Å². The predicted octanol–water partition coefficient (Wildman–Crippen LogP) is 2.22. The van der Waals surface area contributed by atoms with Crippen molar-refractivity contribution >= 4 is 28.8 Å². The second-order valence-electron chi connectivity index (χ2n) is 1.74. The Kier molecular flexibility index (Phi) is 5.29. The van der Waals surface area contributed by atoms with Gasteiger partial charge >= 0.3 is 0 Å². The highest BCUT2D eigenvalue weighted by Gasteiger charge is 1.81. The van der Waals surface area contributed by atoms with Gasteiger partial charge in [-0.15, -0.1) is 0 Å². The van der Waals surface area contributed by atoms with Crippen LogP contribution in [0.4, 0.5) is 0 Å². The lowest BCUT2D eigenvalue weighted by atomic mass is 10.5.